The van der Waals surface area contributed by atoms with E-state index in [4.69, 9.17) is 4.74 Å². The molecule has 0 fully saturated rings. The zero-order valence-corrected chi connectivity index (χ0v) is 10.5. The molecule has 0 aliphatic carbocycles. The molecule has 0 saturated carbocycles. The van der Waals surface area contributed by atoms with Gasteiger partial charge < -0.3 is 9.47 Å². The molecular weight excluding hydrogens is 287 g/mol. The van der Waals surface area contributed by atoms with Crippen LogP contribution >= 0.6 is 0 Å². The summed E-state index contributed by atoms with van der Waals surface area (Å²) in [5.74, 6) is -0.232. The van der Waals surface area contributed by atoms with Gasteiger partial charge in [-0.15, -0.1) is 13.2 Å². The van der Waals surface area contributed by atoms with Gasteiger partial charge in [-0.3, -0.25) is 9.78 Å². The predicted octanol–water partition coefficient (Wildman–Crippen LogP) is 3.11. The van der Waals surface area contributed by atoms with Crippen LogP contribution in [0.25, 0.3) is 11.3 Å². The molecule has 1 aromatic carbocycles. The topological polar surface area (TPSA) is 48.4 Å². The summed E-state index contributed by atoms with van der Waals surface area (Å²) in [5.41, 5.74) is 1.87. The number of esters is 1. The van der Waals surface area contributed by atoms with Gasteiger partial charge in [0.2, 0.25) is 0 Å². The molecule has 0 atom stereocenters. The number of alkyl halides is 3. The lowest BCUT2D eigenvalue weighted by molar-refractivity contribution is -0.274. The Balaban J connectivity index is 1.85. The van der Waals surface area contributed by atoms with Crippen molar-refractivity contribution in [1.29, 1.82) is 0 Å². The molecule has 0 saturated heterocycles. The molecule has 2 heterocycles. The van der Waals surface area contributed by atoms with E-state index in [1.165, 1.54) is 30.5 Å². The molecule has 2 aromatic rings. The lowest BCUT2D eigenvalue weighted by Gasteiger charge is -2.09. The van der Waals surface area contributed by atoms with Crippen LogP contribution in [0.3, 0.4) is 0 Å². The summed E-state index contributed by atoms with van der Waals surface area (Å²) >= 11 is 0. The highest BCUT2D eigenvalue weighted by Gasteiger charge is 2.31. The second kappa shape index (κ2) is 4.76. The first-order chi connectivity index (χ1) is 9.90. The maximum atomic E-state index is 12.1. The van der Waals surface area contributed by atoms with Crippen molar-refractivity contribution in [1.82, 2.24) is 4.98 Å². The van der Waals surface area contributed by atoms with Gasteiger partial charge in [-0.25, -0.2) is 0 Å². The number of hydrogen-bond acceptors (Lipinski definition) is 4. The number of rotatable bonds is 2. The molecular formula is C14H8F3NO3. The van der Waals surface area contributed by atoms with Crippen LogP contribution in [0.4, 0.5) is 13.2 Å². The van der Waals surface area contributed by atoms with Gasteiger partial charge in [0.15, 0.2) is 5.75 Å². The van der Waals surface area contributed by atoms with Crippen LogP contribution in [-0.2, 0) is 11.2 Å². The summed E-state index contributed by atoms with van der Waals surface area (Å²) in [6.07, 6.45) is -3.12. The maximum absolute atomic E-state index is 12.1. The molecule has 1 aliphatic heterocycles. The Morgan fingerprint density at radius 2 is 1.90 bits per heavy atom. The average molecular weight is 295 g/mol. The standard InChI is InChI=1S/C14H8F3NO3/c15-14(16,17)21-10-3-1-8(2-4-10)11-5-9-6-13(19)20-12(9)7-18-11/h1-5,7H,6H2. The Bertz CT molecular complexity index is 696. The Morgan fingerprint density at radius 3 is 2.57 bits per heavy atom. The zero-order valence-electron chi connectivity index (χ0n) is 10.5. The minimum absolute atomic E-state index is 0.167. The Labute approximate surface area is 117 Å². The van der Waals surface area contributed by atoms with Gasteiger partial charge >= 0.3 is 12.3 Å². The van der Waals surface area contributed by atoms with Gasteiger partial charge in [0, 0.05) is 11.1 Å². The van der Waals surface area contributed by atoms with E-state index in [-0.39, 0.29) is 18.1 Å². The molecule has 0 amide bonds. The number of pyridine rings is 1. The van der Waals surface area contributed by atoms with Crippen LogP contribution < -0.4 is 9.47 Å². The summed E-state index contributed by atoms with van der Waals surface area (Å²) in [6, 6.07) is 7.03. The molecule has 21 heavy (non-hydrogen) atoms. The molecule has 0 bridgehead atoms. The second-order valence-corrected chi connectivity index (χ2v) is 4.40. The van der Waals surface area contributed by atoms with Crippen molar-refractivity contribution >= 4 is 5.97 Å². The number of carbonyl (C=O) groups excluding carboxylic acids is 1. The summed E-state index contributed by atoms with van der Waals surface area (Å²) in [7, 11) is 0. The lowest BCUT2D eigenvalue weighted by Crippen LogP contribution is -2.16. The number of nitrogens with zero attached hydrogens (tertiary/aromatic N) is 1. The van der Waals surface area contributed by atoms with E-state index in [0.717, 1.165) is 0 Å². The molecule has 108 valence electrons. The highest BCUT2D eigenvalue weighted by Crippen LogP contribution is 2.30. The maximum Gasteiger partial charge on any atom is 0.573 e. The fourth-order valence-electron chi connectivity index (χ4n) is 2.01. The summed E-state index contributed by atoms with van der Waals surface area (Å²) in [5, 5.41) is 0. The van der Waals surface area contributed by atoms with Crippen molar-refractivity contribution in [3.63, 3.8) is 0 Å². The fourth-order valence-corrected chi connectivity index (χ4v) is 2.01. The molecule has 0 radical (unpaired) electrons. The number of benzene rings is 1. The van der Waals surface area contributed by atoms with E-state index in [1.54, 1.807) is 6.07 Å². The van der Waals surface area contributed by atoms with Crippen molar-refractivity contribution in [3.8, 4) is 22.8 Å². The van der Waals surface area contributed by atoms with E-state index in [9.17, 15) is 18.0 Å². The third kappa shape index (κ3) is 2.96. The zero-order chi connectivity index (χ0) is 15.0. The first-order valence-electron chi connectivity index (χ1n) is 5.96. The summed E-state index contributed by atoms with van der Waals surface area (Å²) in [6.45, 7) is 0. The first kappa shape index (κ1) is 13.4. The molecule has 0 spiro atoms. The van der Waals surface area contributed by atoms with E-state index >= 15 is 0 Å². The van der Waals surface area contributed by atoms with Gasteiger partial charge in [-0.05, 0) is 30.3 Å². The van der Waals surface area contributed by atoms with Crippen molar-refractivity contribution in [2.75, 3.05) is 0 Å². The highest BCUT2D eigenvalue weighted by atomic mass is 19.4. The molecule has 3 rings (SSSR count). The molecule has 0 unspecified atom stereocenters. The van der Waals surface area contributed by atoms with E-state index in [0.29, 0.717) is 22.6 Å². The number of aromatic nitrogens is 1. The van der Waals surface area contributed by atoms with Crippen LogP contribution in [-0.4, -0.2) is 17.3 Å². The summed E-state index contributed by atoms with van der Waals surface area (Å²) < 4.78 is 44.9. The van der Waals surface area contributed by atoms with Crippen LogP contribution in [0.5, 0.6) is 11.5 Å². The number of ether oxygens (including phenoxy) is 2. The SMILES string of the molecule is O=C1Cc2cc(-c3ccc(OC(F)(F)F)cc3)ncc2O1. The average Bonchev–Trinajstić information content (AvgIpc) is 2.76. The monoisotopic (exact) mass is 295 g/mol. The predicted molar refractivity (Wildman–Crippen MR) is 65.7 cm³/mol. The van der Waals surface area contributed by atoms with Crippen LogP contribution in [0, 0.1) is 0 Å². The Kier molecular flexibility index (Phi) is 3.04. The smallest absolute Gasteiger partial charge is 0.424 e. The number of carbonyl (C=O) groups is 1. The van der Waals surface area contributed by atoms with E-state index in [2.05, 4.69) is 9.72 Å². The van der Waals surface area contributed by atoms with Gasteiger partial charge in [-0.2, -0.15) is 0 Å². The normalized spacial score (nSPS) is 13.8. The lowest BCUT2D eigenvalue weighted by atomic mass is 10.1. The quantitative estimate of drug-likeness (QED) is 0.799. The van der Waals surface area contributed by atoms with Crippen molar-refractivity contribution in [3.05, 3.63) is 42.1 Å². The third-order valence-corrected chi connectivity index (χ3v) is 2.89. The number of fused-ring (bicyclic) bond motifs is 1. The molecule has 0 N–H and O–H groups in total. The molecule has 7 heteroatoms. The van der Waals surface area contributed by atoms with Crippen LogP contribution in [0.2, 0.25) is 0 Å². The van der Waals surface area contributed by atoms with E-state index in [1.807, 2.05) is 0 Å². The van der Waals surface area contributed by atoms with Crippen molar-refractivity contribution < 1.29 is 27.4 Å². The van der Waals surface area contributed by atoms with Crippen LogP contribution in [0.15, 0.2) is 36.5 Å². The molecule has 4 nitrogen and oxygen atoms in total. The van der Waals surface area contributed by atoms with Crippen molar-refractivity contribution in [2.24, 2.45) is 0 Å². The van der Waals surface area contributed by atoms with E-state index < -0.39 is 6.36 Å². The Hall–Kier alpha value is -2.57. The molecule has 1 aromatic heterocycles. The van der Waals surface area contributed by atoms with Gasteiger partial charge in [0.05, 0.1) is 18.3 Å². The van der Waals surface area contributed by atoms with Gasteiger partial charge in [0.25, 0.3) is 0 Å². The second-order valence-electron chi connectivity index (χ2n) is 4.40. The Morgan fingerprint density at radius 1 is 1.19 bits per heavy atom. The molecule has 1 aliphatic rings. The van der Waals surface area contributed by atoms with Gasteiger partial charge in [-0.1, -0.05) is 0 Å². The van der Waals surface area contributed by atoms with Crippen LogP contribution in [0.1, 0.15) is 5.56 Å². The van der Waals surface area contributed by atoms with Gasteiger partial charge in [0.1, 0.15) is 5.75 Å². The number of halogens is 3. The van der Waals surface area contributed by atoms with Crippen molar-refractivity contribution in [2.45, 2.75) is 12.8 Å². The third-order valence-electron chi connectivity index (χ3n) is 2.89. The highest BCUT2D eigenvalue weighted by molar-refractivity contribution is 5.81. The first-order valence-corrected chi connectivity index (χ1v) is 5.96. The number of hydrogen-bond donors (Lipinski definition) is 0. The minimum atomic E-state index is -4.72. The minimum Gasteiger partial charge on any atom is -0.424 e. The fraction of sp³-hybridized carbons (Fsp3) is 0.143. The summed E-state index contributed by atoms with van der Waals surface area (Å²) in [4.78, 5) is 15.3. The largest absolute Gasteiger partial charge is 0.573 e.